The van der Waals surface area contributed by atoms with Crippen LogP contribution in [0, 0.1) is 0 Å². The summed E-state index contributed by atoms with van der Waals surface area (Å²) in [6.45, 7) is 2.38. The largest absolute Gasteiger partial charge is 0.368 e. The lowest BCUT2D eigenvalue weighted by molar-refractivity contribution is -0.140. The Hall–Kier alpha value is -1.88. The lowest BCUT2D eigenvalue weighted by Gasteiger charge is -2.29. The minimum atomic E-state index is -0.890. The van der Waals surface area contributed by atoms with Crippen molar-refractivity contribution in [3.63, 3.8) is 0 Å². The number of benzene rings is 1. The summed E-state index contributed by atoms with van der Waals surface area (Å²) in [4.78, 5) is 24.4. The van der Waals surface area contributed by atoms with E-state index in [0.717, 1.165) is 24.8 Å². The van der Waals surface area contributed by atoms with Crippen molar-refractivity contribution in [2.24, 2.45) is 5.73 Å². The van der Waals surface area contributed by atoms with Gasteiger partial charge in [-0.1, -0.05) is 56.5 Å². The summed E-state index contributed by atoms with van der Waals surface area (Å²) >= 11 is 0. The van der Waals surface area contributed by atoms with Crippen molar-refractivity contribution in [1.29, 1.82) is 0 Å². The lowest BCUT2D eigenvalue weighted by Crippen LogP contribution is -2.58. The van der Waals surface area contributed by atoms with Crippen LogP contribution in [-0.2, 0) is 20.9 Å². The molecule has 1 aromatic carbocycles. The molecule has 1 unspecified atom stereocenters. The third-order valence-corrected chi connectivity index (χ3v) is 4.43. The highest BCUT2D eigenvalue weighted by molar-refractivity contribution is 5.92. The Balaban J connectivity index is 1.98. The molecule has 23 heavy (non-hydrogen) atoms. The molecule has 0 aliphatic heterocycles. The van der Waals surface area contributed by atoms with Gasteiger partial charge in [0.1, 0.15) is 11.6 Å². The van der Waals surface area contributed by atoms with Gasteiger partial charge in [0.25, 0.3) is 0 Å². The Morgan fingerprint density at radius 2 is 1.91 bits per heavy atom. The Kier molecular flexibility index (Phi) is 6.16. The van der Waals surface area contributed by atoms with E-state index in [1.54, 1.807) is 0 Å². The molecule has 0 spiro atoms. The molecule has 1 aliphatic rings. The molecule has 1 saturated carbocycles. The molecule has 0 bridgehead atoms. The Morgan fingerprint density at radius 3 is 2.48 bits per heavy atom. The van der Waals surface area contributed by atoms with Crippen LogP contribution in [0.3, 0.4) is 0 Å². The molecule has 5 heteroatoms. The van der Waals surface area contributed by atoms with Crippen molar-refractivity contribution in [1.82, 2.24) is 5.32 Å². The number of carbonyl (C=O) groups is 2. The van der Waals surface area contributed by atoms with Crippen molar-refractivity contribution in [3.8, 4) is 0 Å². The van der Waals surface area contributed by atoms with Crippen LogP contribution in [-0.4, -0.2) is 23.5 Å². The summed E-state index contributed by atoms with van der Waals surface area (Å²) in [6, 6.07) is 9.74. The molecule has 1 fully saturated rings. The lowest BCUT2D eigenvalue weighted by atomic mass is 9.96. The molecule has 0 heterocycles. The standard InChI is InChI=1S/C18H26N2O3/c1-2-8-15(23-13-14-9-4-3-5-10-14)16(21)20-18(17(19)22)11-6-7-12-18/h3-5,9-10,15H,2,6-8,11-13H2,1H3,(H2,19,22)(H,20,21). The number of ether oxygens (including phenoxy) is 1. The van der Waals surface area contributed by atoms with Crippen molar-refractivity contribution < 1.29 is 14.3 Å². The molecule has 3 N–H and O–H groups in total. The number of amides is 2. The van der Waals surface area contributed by atoms with Crippen LogP contribution >= 0.6 is 0 Å². The first-order valence-corrected chi connectivity index (χ1v) is 8.35. The summed E-state index contributed by atoms with van der Waals surface area (Å²) in [5.74, 6) is -0.676. The molecule has 2 amide bonds. The maximum Gasteiger partial charge on any atom is 0.250 e. The van der Waals surface area contributed by atoms with Gasteiger partial charge in [0.15, 0.2) is 0 Å². The zero-order chi connectivity index (χ0) is 16.7. The molecule has 0 radical (unpaired) electrons. The molecule has 126 valence electrons. The zero-order valence-electron chi connectivity index (χ0n) is 13.7. The Morgan fingerprint density at radius 1 is 1.26 bits per heavy atom. The maximum atomic E-state index is 12.6. The number of nitrogens with one attached hydrogen (secondary N) is 1. The van der Waals surface area contributed by atoms with Gasteiger partial charge in [-0.15, -0.1) is 0 Å². The van der Waals surface area contributed by atoms with E-state index in [1.165, 1.54) is 0 Å². The van der Waals surface area contributed by atoms with Gasteiger partial charge in [-0.2, -0.15) is 0 Å². The molecule has 1 atom stereocenters. The van der Waals surface area contributed by atoms with E-state index in [9.17, 15) is 9.59 Å². The summed E-state index contributed by atoms with van der Waals surface area (Å²) in [7, 11) is 0. The first kappa shape index (κ1) is 17.5. The van der Waals surface area contributed by atoms with Crippen LogP contribution in [0.4, 0.5) is 0 Å². The van der Waals surface area contributed by atoms with Crippen molar-refractivity contribution >= 4 is 11.8 Å². The number of nitrogens with two attached hydrogens (primary N) is 1. The summed E-state index contributed by atoms with van der Waals surface area (Å²) in [6.07, 6.45) is 3.94. The van der Waals surface area contributed by atoms with Crippen LogP contribution in [0.25, 0.3) is 0 Å². The molecule has 5 nitrogen and oxygen atoms in total. The monoisotopic (exact) mass is 318 g/mol. The van der Waals surface area contributed by atoms with E-state index in [4.69, 9.17) is 10.5 Å². The van der Waals surface area contributed by atoms with Crippen LogP contribution in [0.5, 0.6) is 0 Å². The number of carbonyl (C=O) groups excluding carboxylic acids is 2. The third-order valence-electron chi connectivity index (χ3n) is 4.43. The van der Waals surface area contributed by atoms with Gasteiger partial charge in [-0.25, -0.2) is 0 Å². The number of primary amides is 1. The van der Waals surface area contributed by atoms with E-state index >= 15 is 0 Å². The number of rotatable bonds is 8. The summed E-state index contributed by atoms with van der Waals surface area (Å²) in [5, 5.41) is 2.87. The average molecular weight is 318 g/mol. The fourth-order valence-corrected chi connectivity index (χ4v) is 3.05. The molecule has 1 aliphatic carbocycles. The van der Waals surface area contributed by atoms with E-state index in [1.807, 2.05) is 37.3 Å². The summed E-state index contributed by atoms with van der Waals surface area (Å²) in [5.41, 5.74) is 5.66. The molecule has 1 aromatic rings. The van der Waals surface area contributed by atoms with Gasteiger partial charge >= 0.3 is 0 Å². The SMILES string of the molecule is CCCC(OCc1ccccc1)C(=O)NC1(C(N)=O)CCCC1. The topological polar surface area (TPSA) is 81.4 Å². The van der Waals surface area contributed by atoms with Gasteiger partial charge in [0.2, 0.25) is 11.8 Å². The smallest absolute Gasteiger partial charge is 0.250 e. The van der Waals surface area contributed by atoms with E-state index < -0.39 is 17.6 Å². The molecular weight excluding hydrogens is 292 g/mol. The average Bonchev–Trinajstić information content (AvgIpc) is 3.02. The predicted octanol–water partition coefficient (Wildman–Crippen LogP) is 2.29. The Labute approximate surface area is 137 Å². The van der Waals surface area contributed by atoms with Crippen LogP contribution < -0.4 is 11.1 Å². The minimum absolute atomic E-state index is 0.233. The number of hydrogen-bond acceptors (Lipinski definition) is 3. The van der Waals surface area contributed by atoms with Gasteiger partial charge in [0.05, 0.1) is 6.61 Å². The summed E-state index contributed by atoms with van der Waals surface area (Å²) < 4.78 is 5.80. The van der Waals surface area contributed by atoms with Crippen molar-refractivity contribution in [3.05, 3.63) is 35.9 Å². The van der Waals surface area contributed by atoms with Gasteiger partial charge in [-0.05, 0) is 24.8 Å². The van der Waals surface area contributed by atoms with Gasteiger partial charge in [0, 0.05) is 0 Å². The van der Waals surface area contributed by atoms with Crippen LogP contribution in [0.2, 0.25) is 0 Å². The molecule has 0 aromatic heterocycles. The van der Waals surface area contributed by atoms with E-state index in [2.05, 4.69) is 5.32 Å². The third kappa shape index (κ3) is 4.55. The van der Waals surface area contributed by atoms with Crippen molar-refractivity contribution in [2.75, 3.05) is 0 Å². The van der Waals surface area contributed by atoms with Gasteiger partial charge in [-0.3, -0.25) is 9.59 Å². The fraction of sp³-hybridized carbons (Fsp3) is 0.556. The quantitative estimate of drug-likeness (QED) is 0.771. The first-order chi connectivity index (χ1) is 11.1. The van der Waals surface area contributed by atoms with Crippen LogP contribution in [0.1, 0.15) is 51.0 Å². The minimum Gasteiger partial charge on any atom is -0.368 e. The normalized spacial score (nSPS) is 17.6. The predicted molar refractivity (Wildman–Crippen MR) is 88.5 cm³/mol. The van der Waals surface area contributed by atoms with Gasteiger partial charge < -0.3 is 15.8 Å². The van der Waals surface area contributed by atoms with E-state index in [0.29, 0.717) is 25.9 Å². The Bertz CT molecular complexity index is 524. The highest BCUT2D eigenvalue weighted by Gasteiger charge is 2.42. The second kappa shape index (κ2) is 8.11. The van der Waals surface area contributed by atoms with Crippen molar-refractivity contribution in [2.45, 2.75) is 63.7 Å². The van der Waals surface area contributed by atoms with Crippen LogP contribution in [0.15, 0.2) is 30.3 Å². The van der Waals surface area contributed by atoms with E-state index in [-0.39, 0.29) is 5.91 Å². The fourth-order valence-electron chi connectivity index (χ4n) is 3.05. The highest BCUT2D eigenvalue weighted by atomic mass is 16.5. The second-order valence-corrected chi connectivity index (χ2v) is 6.22. The number of hydrogen-bond donors (Lipinski definition) is 2. The zero-order valence-corrected chi connectivity index (χ0v) is 13.7. The second-order valence-electron chi connectivity index (χ2n) is 6.22. The highest BCUT2D eigenvalue weighted by Crippen LogP contribution is 2.29. The molecule has 0 saturated heterocycles. The first-order valence-electron chi connectivity index (χ1n) is 8.35. The molecular formula is C18H26N2O3. The molecule has 2 rings (SSSR count). The maximum absolute atomic E-state index is 12.6.